The fourth-order valence-electron chi connectivity index (χ4n) is 3.43. The number of rotatable bonds is 9. The summed E-state index contributed by atoms with van der Waals surface area (Å²) in [5.41, 5.74) is 3.81. The number of nitrogens with zero attached hydrogens (tertiary/aromatic N) is 4. The molecule has 0 spiro atoms. The van der Waals surface area contributed by atoms with Gasteiger partial charge in [0, 0.05) is 7.05 Å². The molecule has 2 aromatic rings. The Labute approximate surface area is 202 Å². The highest BCUT2D eigenvalue weighted by Gasteiger charge is 2.56. The van der Waals surface area contributed by atoms with Crippen LogP contribution in [-0.2, 0) is 23.4 Å². The molecule has 194 valence electrons. The number of nitrogens with two attached hydrogens (primary N) is 1. The third-order valence-electron chi connectivity index (χ3n) is 5.30. The molecule has 3 heterocycles. The van der Waals surface area contributed by atoms with Crippen LogP contribution in [0.5, 0.6) is 0 Å². The van der Waals surface area contributed by atoms with E-state index in [-0.39, 0.29) is 23.6 Å². The molecule has 0 bridgehead atoms. The number of anilines is 2. The average Bonchev–Trinajstić information content (AvgIpc) is 3.27. The second-order valence-electron chi connectivity index (χ2n) is 9.70. The molecule has 1 fully saturated rings. The fraction of sp³-hybridized carbons (Fsp3) is 0.700. The van der Waals surface area contributed by atoms with Crippen LogP contribution in [0.15, 0.2) is 6.33 Å². The summed E-state index contributed by atoms with van der Waals surface area (Å²) >= 11 is 0. The van der Waals surface area contributed by atoms with E-state index in [1.807, 2.05) is 20.8 Å². The number of halogens is 1. The Morgan fingerprint density at radius 1 is 1.46 bits per heavy atom. The summed E-state index contributed by atoms with van der Waals surface area (Å²) < 4.78 is 45.3. The number of fused-ring (bicyclic) bond motifs is 1. The Balaban J connectivity index is 1.65. The van der Waals surface area contributed by atoms with E-state index in [0.29, 0.717) is 11.3 Å². The first-order valence-electron chi connectivity index (χ1n) is 11.0. The smallest absolute Gasteiger partial charge is 0.464 e. The number of nitrogens with one attached hydrogen (secondary N) is 2. The topological polar surface area (TPSA) is 176 Å². The standard InChI is InChI=1S/C20H32FN7O6P/c1-10(16(30)32-8-19(2,3)4)27-35(31)33-7-11-13(29)20(5,21)17(34-11)28-9-24-12-14(23-6)25-18(22)26-15(12)28/h9-11,13,17,29H,7-8H2,1-6H3,(H,27,31)(H3,22,23,25,26)/q+1/t10-,11-,13-,17-,20-/m1/s1. The first kappa shape index (κ1) is 27.1. The van der Waals surface area contributed by atoms with E-state index >= 15 is 4.39 Å². The number of aliphatic hydroxyl groups excluding tert-OH is 1. The third-order valence-corrected chi connectivity index (χ3v) is 6.28. The lowest BCUT2D eigenvalue weighted by molar-refractivity contribution is -0.148. The average molecular weight is 516 g/mol. The van der Waals surface area contributed by atoms with Crippen molar-refractivity contribution in [3.63, 3.8) is 0 Å². The molecule has 1 aliphatic heterocycles. The summed E-state index contributed by atoms with van der Waals surface area (Å²) in [7, 11) is -0.907. The molecule has 0 aromatic carbocycles. The van der Waals surface area contributed by atoms with Crippen molar-refractivity contribution in [3.8, 4) is 0 Å². The molecular formula is C20H32FN7O6P+. The highest BCUT2D eigenvalue weighted by Crippen LogP contribution is 2.43. The molecular weight excluding hydrogens is 484 g/mol. The molecule has 3 rings (SSSR count). The molecule has 0 amide bonds. The molecule has 0 aliphatic carbocycles. The van der Waals surface area contributed by atoms with Crippen LogP contribution in [0.2, 0.25) is 0 Å². The summed E-state index contributed by atoms with van der Waals surface area (Å²) in [6, 6.07) is -0.904. The van der Waals surface area contributed by atoms with E-state index in [0.717, 1.165) is 0 Å². The maximum Gasteiger partial charge on any atom is 0.613 e. The van der Waals surface area contributed by atoms with E-state index < -0.39 is 50.9 Å². The van der Waals surface area contributed by atoms with Crippen molar-refractivity contribution in [2.24, 2.45) is 5.41 Å². The Morgan fingerprint density at radius 2 is 2.14 bits per heavy atom. The van der Waals surface area contributed by atoms with Gasteiger partial charge in [-0.2, -0.15) is 9.97 Å². The van der Waals surface area contributed by atoms with Gasteiger partial charge in [0.1, 0.15) is 24.9 Å². The summed E-state index contributed by atoms with van der Waals surface area (Å²) in [6.07, 6.45) is -2.80. The van der Waals surface area contributed by atoms with Gasteiger partial charge in [0.15, 0.2) is 28.9 Å². The number of hydrogen-bond donors (Lipinski definition) is 4. The summed E-state index contributed by atoms with van der Waals surface area (Å²) in [6.45, 7) is 8.17. The van der Waals surface area contributed by atoms with Gasteiger partial charge in [0.2, 0.25) is 5.95 Å². The normalized spacial score (nSPS) is 26.1. The van der Waals surface area contributed by atoms with Crippen molar-refractivity contribution in [1.82, 2.24) is 24.6 Å². The maximum atomic E-state index is 15.6. The fourth-order valence-corrected chi connectivity index (χ4v) is 4.21. The van der Waals surface area contributed by atoms with E-state index in [4.69, 9.17) is 19.7 Å². The number of carbonyl (C=O) groups excluding carboxylic acids is 1. The predicted octanol–water partition coefficient (Wildman–Crippen LogP) is 1.68. The molecule has 13 nitrogen and oxygen atoms in total. The van der Waals surface area contributed by atoms with E-state index in [2.05, 4.69) is 25.4 Å². The minimum absolute atomic E-state index is 0.0548. The van der Waals surface area contributed by atoms with Crippen LogP contribution in [0.25, 0.3) is 11.2 Å². The number of ether oxygens (including phenoxy) is 2. The van der Waals surface area contributed by atoms with Crippen LogP contribution >= 0.6 is 8.18 Å². The third kappa shape index (κ3) is 6.01. The van der Waals surface area contributed by atoms with Crippen LogP contribution in [0.4, 0.5) is 16.2 Å². The predicted molar refractivity (Wildman–Crippen MR) is 125 cm³/mol. The van der Waals surface area contributed by atoms with Crippen molar-refractivity contribution >= 4 is 37.1 Å². The Kier molecular flexibility index (Phi) is 7.92. The molecule has 5 N–H and O–H groups in total. The second-order valence-corrected chi connectivity index (χ2v) is 10.7. The molecule has 6 atom stereocenters. The van der Waals surface area contributed by atoms with Crippen LogP contribution in [-0.4, -0.2) is 74.8 Å². The Morgan fingerprint density at radius 3 is 2.77 bits per heavy atom. The van der Waals surface area contributed by atoms with Gasteiger partial charge in [0.25, 0.3) is 0 Å². The molecule has 2 aromatic heterocycles. The Hall–Kier alpha value is -2.51. The Bertz CT molecular complexity index is 1090. The number of nitrogen functional groups attached to an aromatic ring is 1. The highest BCUT2D eigenvalue weighted by molar-refractivity contribution is 7.36. The zero-order valence-corrected chi connectivity index (χ0v) is 21.4. The maximum absolute atomic E-state index is 15.6. The zero-order chi connectivity index (χ0) is 26.1. The lowest BCUT2D eigenvalue weighted by Gasteiger charge is -2.24. The lowest BCUT2D eigenvalue weighted by Crippen LogP contribution is -2.40. The minimum atomic E-state index is -2.53. The summed E-state index contributed by atoms with van der Waals surface area (Å²) in [5, 5.41) is 15.9. The number of aliphatic hydroxyl groups is 1. The first-order chi connectivity index (χ1) is 16.2. The van der Waals surface area contributed by atoms with Gasteiger partial charge >= 0.3 is 14.1 Å². The molecule has 1 unspecified atom stereocenters. The van der Waals surface area contributed by atoms with Gasteiger partial charge in [-0.15, -0.1) is 4.52 Å². The molecule has 1 saturated heterocycles. The lowest BCUT2D eigenvalue weighted by atomic mass is 9.98. The van der Waals surface area contributed by atoms with Crippen LogP contribution in [0, 0.1) is 5.41 Å². The van der Waals surface area contributed by atoms with Gasteiger partial charge in [-0.25, -0.2) is 9.37 Å². The number of aromatic nitrogens is 4. The highest BCUT2D eigenvalue weighted by atomic mass is 31.1. The number of carbonyl (C=O) groups is 1. The van der Waals surface area contributed by atoms with Crippen molar-refractivity contribution in [3.05, 3.63) is 6.33 Å². The number of hydrogen-bond acceptors (Lipinski definition) is 11. The van der Waals surface area contributed by atoms with Crippen LogP contribution < -0.4 is 16.1 Å². The molecule has 35 heavy (non-hydrogen) atoms. The monoisotopic (exact) mass is 516 g/mol. The molecule has 0 saturated carbocycles. The summed E-state index contributed by atoms with van der Waals surface area (Å²) in [5.74, 6) is -0.293. The van der Waals surface area contributed by atoms with Crippen molar-refractivity contribution in [1.29, 1.82) is 0 Å². The molecule has 0 radical (unpaired) electrons. The van der Waals surface area contributed by atoms with Gasteiger partial charge in [-0.05, 0) is 23.8 Å². The van der Waals surface area contributed by atoms with E-state index in [1.54, 1.807) is 7.05 Å². The number of alkyl halides is 1. The van der Waals surface area contributed by atoms with Crippen molar-refractivity contribution in [2.45, 2.75) is 64.8 Å². The van der Waals surface area contributed by atoms with Crippen LogP contribution in [0.3, 0.4) is 0 Å². The van der Waals surface area contributed by atoms with Crippen molar-refractivity contribution < 1.29 is 32.9 Å². The largest absolute Gasteiger partial charge is 0.613 e. The van der Waals surface area contributed by atoms with E-state index in [9.17, 15) is 14.5 Å². The molecule has 15 heteroatoms. The summed E-state index contributed by atoms with van der Waals surface area (Å²) in [4.78, 5) is 24.4. The SMILES string of the molecule is CNc1nc(N)nc2c1ncn2[C@@H]1O[C@H](CO[P+](=O)N[C@H](C)C(=O)OCC(C)(C)C)[C@@H](O)[C@@]1(C)F. The first-order valence-corrected chi connectivity index (χ1v) is 12.2. The molecule has 1 aliphatic rings. The zero-order valence-electron chi connectivity index (χ0n) is 20.5. The van der Waals surface area contributed by atoms with Gasteiger partial charge in [-0.1, -0.05) is 25.9 Å². The number of imidazole rings is 1. The van der Waals surface area contributed by atoms with Gasteiger partial charge in [-0.3, -0.25) is 9.36 Å². The second kappa shape index (κ2) is 10.2. The number of esters is 1. The van der Waals surface area contributed by atoms with Gasteiger partial charge < -0.3 is 25.6 Å². The minimum Gasteiger partial charge on any atom is -0.464 e. The van der Waals surface area contributed by atoms with Gasteiger partial charge in [0.05, 0.1) is 12.9 Å². The van der Waals surface area contributed by atoms with Crippen LogP contribution in [0.1, 0.15) is 40.8 Å². The van der Waals surface area contributed by atoms with Crippen molar-refractivity contribution in [2.75, 3.05) is 31.3 Å². The van der Waals surface area contributed by atoms with E-state index in [1.165, 1.54) is 24.7 Å². The quantitative estimate of drug-likeness (QED) is 0.281.